The van der Waals surface area contributed by atoms with E-state index in [9.17, 15) is 8.42 Å². The number of likely N-dealkylation sites (N-methyl/N-ethyl adjacent to an activating group) is 1. The highest BCUT2D eigenvalue weighted by molar-refractivity contribution is 7.89. The largest absolute Gasteiger partial charge is 0.399 e. The standard InChI is InChI=1S/C13H21N3O3S/c1-2-16(9-11-4-3-7-19-11)12-6-5-10(14)8-13(12)20(15,17)18/h5-6,8,11H,2-4,7,9,14H2,1H3,(H2,15,17,18). The van der Waals surface area contributed by atoms with Gasteiger partial charge < -0.3 is 15.4 Å². The van der Waals surface area contributed by atoms with E-state index in [4.69, 9.17) is 15.6 Å². The lowest BCUT2D eigenvalue weighted by Crippen LogP contribution is -2.33. The Hall–Kier alpha value is -1.31. The molecular formula is C13H21N3O3S. The molecule has 1 heterocycles. The molecule has 0 aliphatic carbocycles. The van der Waals surface area contributed by atoms with Crippen molar-refractivity contribution in [2.45, 2.75) is 30.8 Å². The molecule has 1 atom stereocenters. The monoisotopic (exact) mass is 299 g/mol. The number of nitrogens with zero attached hydrogens (tertiary/aromatic N) is 1. The lowest BCUT2D eigenvalue weighted by atomic mass is 10.2. The molecule has 112 valence electrons. The van der Waals surface area contributed by atoms with Gasteiger partial charge >= 0.3 is 0 Å². The number of benzene rings is 1. The summed E-state index contributed by atoms with van der Waals surface area (Å²) in [5.41, 5.74) is 6.63. The molecule has 0 amide bonds. The van der Waals surface area contributed by atoms with Crippen LogP contribution in [0.3, 0.4) is 0 Å². The molecular weight excluding hydrogens is 278 g/mol. The maximum absolute atomic E-state index is 11.7. The highest BCUT2D eigenvalue weighted by Crippen LogP contribution is 2.28. The van der Waals surface area contributed by atoms with Gasteiger partial charge in [0.05, 0.1) is 11.8 Å². The zero-order chi connectivity index (χ0) is 14.8. The molecule has 1 aromatic carbocycles. The second-order valence-electron chi connectivity index (χ2n) is 4.95. The van der Waals surface area contributed by atoms with Crippen LogP contribution in [0.15, 0.2) is 23.1 Å². The van der Waals surface area contributed by atoms with E-state index in [0.717, 1.165) is 19.4 Å². The van der Waals surface area contributed by atoms with Crippen molar-refractivity contribution in [1.29, 1.82) is 0 Å². The molecule has 1 aromatic rings. The smallest absolute Gasteiger partial charge is 0.240 e. The number of primary sulfonamides is 1. The van der Waals surface area contributed by atoms with E-state index in [0.29, 0.717) is 24.5 Å². The van der Waals surface area contributed by atoms with Crippen LogP contribution in [0.2, 0.25) is 0 Å². The summed E-state index contributed by atoms with van der Waals surface area (Å²) in [6, 6.07) is 4.79. The Morgan fingerprint density at radius 3 is 2.75 bits per heavy atom. The topological polar surface area (TPSA) is 98.7 Å². The fourth-order valence-corrected chi connectivity index (χ4v) is 3.24. The van der Waals surface area contributed by atoms with Gasteiger partial charge in [0.25, 0.3) is 0 Å². The molecule has 1 aliphatic heterocycles. The lowest BCUT2D eigenvalue weighted by molar-refractivity contribution is 0.115. The van der Waals surface area contributed by atoms with Crippen LogP contribution in [0.4, 0.5) is 11.4 Å². The van der Waals surface area contributed by atoms with Crippen molar-refractivity contribution in [3.05, 3.63) is 18.2 Å². The number of sulfonamides is 1. The average Bonchev–Trinajstić information content (AvgIpc) is 2.88. The lowest BCUT2D eigenvalue weighted by Gasteiger charge is -2.27. The summed E-state index contributed by atoms with van der Waals surface area (Å²) in [7, 11) is -3.81. The van der Waals surface area contributed by atoms with Crippen molar-refractivity contribution in [1.82, 2.24) is 0 Å². The molecule has 0 radical (unpaired) electrons. The van der Waals surface area contributed by atoms with Crippen molar-refractivity contribution in [3.8, 4) is 0 Å². The van der Waals surface area contributed by atoms with Gasteiger partial charge in [0.1, 0.15) is 4.90 Å². The molecule has 6 nitrogen and oxygen atoms in total. The second kappa shape index (κ2) is 5.99. The van der Waals surface area contributed by atoms with Gasteiger partial charge in [-0.2, -0.15) is 0 Å². The summed E-state index contributed by atoms with van der Waals surface area (Å²) in [5.74, 6) is 0. The summed E-state index contributed by atoms with van der Waals surface area (Å²) in [6.07, 6.45) is 2.18. The minimum Gasteiger partial charge on any atom is -0.399 e. The predicted molar refractivity (Wildman–Crippen MR) is 79.1 cm³/mol. The Kier molecular flexibility index (Phi) is 4.52. The number of hydrogen-bond donors (Lipinski definition) is 2. The number of hydrogen-bond acceptors (Lipinski definition) is 5. The van der Waals surface area contributed by atoms with Crippen molar-refractivity contribution in [3.63, 3.8) is 0 Å². The molecule has 1 fully saturated rings. The Morgan fingerprint density at radius 2 is 2.20 bits per heavy atom. The molecule has 0 aromatic heterocycles. The van der Waals surface area contributed by atoms with Gasteiger partial charge in [-0.3, -0.25) is 0 Å². The van der Waals surface area contributed by atoms with E-state index in [-0.39, 0.29) is 11.0 Å². The van der Waals surface area contributed by atoms with E-state index in [1.54, 1.807) is 12.1 Å². The number of rotatable bonds is 5. The van der Waals surface area contributed by atoms with Gasteiger partial charge in [-0.05, 0) is 38.0 Å². The van der Waals surface area contributed by atoms with Gasteiger partial charge in [0, 0.05) is 25.4 Å². The summed E-state index contributed by atoms with van der Waals surface area (Å²) in [4.78, 5) is 2.03. The Labute approximate surface area is 119 Å². The third kappa shape index (κ3) is 3.41. The van der Waals surface area contributed by atoms with E-state index in [2.05, 4.69) is 0 Å². The number of anilines is 2. The van der Waals surface area contributed by atoms with Crippen LogP contribution in [0.5, 0.6) is 0 Å². The highest BCUT2D eigenvalue weighted by Gasteiger charge is 2.23. The van der Waals surface area contributed by atoms with Crippen LogP contribution >= 0.6 is 0 Å². The van der Waals surface area contributed by atoms with Crippen molar-refractivity contribution >= 4 is 21.4 Å². The maximum Gasteiger partial charge on any atom is 0.240 e. The van der Waals surface area contributed by atoms with E-state index >= 15 is 0 Å². The Bertz CT molecular complexity index is 568. The van der Waals surface area contributed by atoms with Crippen LogP contribution < -0.4 is 15.8 Å². The molecule has 0 saturated carbocycles. The fraction of sp³-hybridized carbons (Fsp3) is 0.538. The number of nitrogen functional groups attached to an aromatic ring is 1. The predicted octanol–water partition coefficient (Wildman–Crippen LogP) is 0.922. The zero-order valence-corrected chi connectivity index (χ0v) is 12.4. The third-order valence-electron chi connectivity index (χ3n) is 3.46. The van der Waals surface area contributed by atoms with Crippen LogP contribution in [0, 0.1) is 0 Å². The first-order valence-corrected chi connectivity index (χ1v) is 8.25. The average molecular weight is 299 g/mol. The first-order valence-electron chi connectivity index (χ1n) is 6.70. The van der Waals surface area contributed by atoms with Crippen molar-refractivity contribution in [2.24, 2.45) is 5.14 Å². The summed E-state index contributed by atoms with van der Waals surface area (Å²) >= 11 is 0. The molecule has 0 bridgehead atoms. The number of ether oxygens (including phenoxy) is 1. The SMILES string of the molecule is CCN(CC1CCCO1)c1ccc(N)cc1S(N)(=O)=O. The molecule has 1 unspecified atom stereocenters. The molecule has 2 rings (SSSR count). The van der Waals surface area contributed by atoms with E-state index < -0.39 is 10.0 Å². The highest BCUT2D eigenvalue weighted by atomic mass is 32.2. The number of nitrogens with two attached hydrogens (primary N) is 2. The first kappa shape index (κ1) is 15.1. The fourth-order valence-electron chi connectivity index (χ4n) is 2.45. The molecule has 7 heteroatoms. The third-order valence-corrected chi connectivity index (χ3v) is 4.40. The van der Waals surface area contributed by atoms with Gasteiger partial charge in [-0.1, -0.05) is 0 Å². The van der Waals surface area contributed by atoms with Crippen molar-refractivity contribution in [2.75, 3.05) is 30.3 Å². The van der Waals surface area contributed by atoms with Crippen molar-refractivity contribution < 1.29 is 13.2 Å². The summed E-state index contributed by atoms with van der Waals surface area (Å²) in [6.45, 7) is 4.07. The minimum atomic E-state index is -3.81. The summed E-state index contributed by atoms with van der Waals surface area (Å²) < 4.78 is 29.1. The van der Waals surface area contributed by atoms with Crippen LogP contribution in [-0.2, 0) is 14.8 Å². The first-order chi connectivity index (χ1) is 9.41. The molecule has 4 N–H and O–H groups in total. The molecule has 1 saturated heterocycles. The van der Waals surface area contributed by atoms with Gasteiger partial charge in [-0.15, -0.1) is 0 Å². The van der Waals surface area contributed by atoms with Crippen LogP contribution in [-0.4, -0.2) is 34.2 Å². The zero-order valence-electron chi connectivity index (χ0n) is 11.6. The molecule has 20 heavy (non-hydrogen) atoms. The Balaban J connectivity index is 2.33. The van der Waals surface area contributed by atoms with Crippen LogP contribution in [0.25, 0.3) is 0 Å². The maximum atomic E-state index is 11.7. The summed E-state index contributed by atoms with van der Waals surface area (Å²) in [5, 5.41) is 5.29. The quantitative estimate of drug-likeness (QED) is 0.788. The normalized spacial score (nSPS) is 19.2. The molecule has 0 spiro atoms. The second-order valence-corrected chi connectivity index (χ2v) is 6.48. The van der Waals surface area contributed by atoms with Gasteiger partial charge in [0.2, 0.25) is 10.0 Å². The van der Waals surface area contributed by atoms with Crippen LogP contribution in [0.1, 0.15) is 19.8 Å². The Morgan fingerprint density at radius 1 is 1.45 bits per heavy atom. The van der Waals surface area contributed by atoms with Gasteiger partial charge in [-0.25, -0.2) is 13.6 Å². The van der Waals surface area contributed by atoms with Gasteiger partial charge in [0.15, 0.2) is 0 Å². The van der Waals surface area contributed by atoms with E-state index in [1.165, 1.54) is 6.07 Å². The molecule has 1 aliphatic rings. The minimum absolute atomic E-state index is 0.0670. The van der Waals surface area contributed by atoms with E-state index in [1.807, 2.05) is 11.8 Å².